The van der Waals surface area contributed by atoms with E-state index >= 15 is 0 Å². The lowest BCUT2D eigenvalue weighted by Crippen LogP contribution is -2.46. The van der Waals surface area contributed by atoms with Gasteiger partial charge in [-0.2, -0.15) is 12.7 Å². The van der Waals surface area contributed by atoms with Gasteiger partial charge in [0.15, 0.2) is 0 Å². The first-order valence-corrected chi connectivity index (χ1v) is 7.31. The molecule has 16 heavy (non-hydrogen) atoms. The van der Waals surface area contributed by atoms with Crippen LogP contribution in [0.15, 0.2) is 0 Å². The van der Waals surface area contributed by atoms with E-state index in [1.54, 1.807) is 4.31 Å². The molecule has 1 fully saturated rings. The van der Waals surface area contributed by atoms with Gasteiger partial charge >= 0.3 is 0 Å². The second kappa shape index (κ2) is 5.95. The highest BCUT2D eigenvalue weighted by Gasteiger charge is 2.25. The van der Waals surface area contributed by atoms with Gasteiger partial charge in [0.2, 0.25) is 0 Å². The van der Waals surface area contributed by atoms with E-state index in [2.05, 4.69) is 10.0 Å². The Bertz CT molecular complexity index is 297. The van der Waals surface area contributed by atoms with E-state index in [1.165, 1.54) is 7.05 Å². The summed E-state index contributed by atoms with van der Waals surface area (Å²) in [6.45, 7) is 6.20. The van der Waals surface area contributed by atoms with Crippen LogP contribution in [0.4, 0.5) is 0 Å². The van der Waals surface area contributed by atoms with Gasteiger partial charge in [0.1, 0.15) is 0 Å². The summed E-state index contributed by atoms with van der Waals surface area (Å²) in [4.78, 5) is 0. The standard InChI is InChI=1S/C10H23N3O2S/c1-9(2)7-13(16(14,15)11-3)8-10-5-4-6-12-10/h9-12H,4-8H2,1-3H3. The van der Waals surface area contributed by atoms with Gasteiger partial charge in [-0.25, -0.2) is 4.72 Å². The molecule has 2 N–H and O–H groups in total. The van der Waals surface area contributed by atoms with E-state index in [0.29, 0.717) is 25.0 Å². The monoisotopic (exact) mass is 249 g/mol. The minimum absolute atomic E-state index is 0.307. The molecular formula is C10H23N3O2S. The van der Waals surface area contributed by atoms with Crippen LogP contribution in [0.25, 0.3) is 0 Å². The molecule has 1 aliphatic heterocycles. The maximum atomic E-state index is 11.8. The Labute approximate surface area is 98.8 Å². The van der Waals surface area contributed by atoms with E-state index in [4.69, 9.17) is 0 Å². The third-order valence-electron chi connectivity index (χ3n) is 2.75. The molecule has 0 aliphatic carbocycles. The van der Waals surface area contributed by atoms with Crippen molar-refractivity contribution in [2.75, 3.05) is 26.7 Å². The van der Waals surface area contributed by atoms with E-state index in [1.807, 2.05) is 13.8 Å². The molecule has 5 nitrogen and oxygen atoms in total. The van der Waals surface area contributed by atoms with Gasteiger partial charge in [0.05, 0.1) is 0 Å². The van der Waals surface area contributed by atoms with Gasteiger partial charge in [-0.05, 0) is 25.3 Å². The number of nitrogens with zero attached hydrogens (tertiary/aromatic N) is 1. The van der Waals surface area contributed by atoms with Crippen LogP contribution >= 0.6 is 0 Å². The maximum absolute atomic E-state index is 11.8. The molecule has 1 heterocycles. The summed E-state index contributed by atoms with van der Waals surface area (Å²) in [5.74, 6) is 0.338. The first-order valence-electron chi connectivity index (χ1n) is 5.87. The van der Waals surface area contributed by atoms with Crippen molar-refractivity contribution in [1.82, 2.24) is 14.3 Å². The van der Waals surface area contributed by atoms with Gasteiger partial charge in [-0.3, -0.25) is 0 Å². The fraction of sp³-hybridized carbons (Fsp3) is 1.00. The molecular weight excluding hydrogens is 226 g/mol. The molecule has 1 atom stereocenters. The number of rotatable bonds is 6. The van der Waals surface area contributed by atoms with Crippen LogP contribution in [0.5, 0.6) is 0 Å². The van der Waals surface area contributed by atoms with Crippen molar-refractivity contribution in [1.29, 1.82) is 0 Å². The summed E-state index contributed by atoms with van der Waals surface area (Å²) in [5.41, 5.74) is 0. The lowest BCUT2D eigenvalue weighted by atomic mass is 10.2. The zero-order valence-electron chi connectivity index (χ0n) is 10.4. The van der Waals surface area contributed by atoms with Gasteiger partial charge in [-0.15, -0.1) is 0 Å². The molecule has 0 aromatic rings. The SMILES string of the molecule is CNS(=O)(=O)N(CC(C)C)CC1CCCN1. The molecule has 1 aliphatic rings. The van der Waals surface area contributed by atoms with Crippen molar-refractivity contribution in [3.8, 4) is 0 Å². The fourth-order valence-electron chi connectivity index (χ4n) is 1.97. The Morgan fingerprint density at radius 3 is 2.62 bits per heavy atom. The molecule has 1 unspecified atom stereocenters. The lowest BCUT2D eigenvalue weighted by molar-refractivity contribution is 0.333. The van der Waals surface area contributed by atoms with E-state index < -0.39 is 10.2 Å². The third kappa shape index (κ3) is 4.01. The van der Waals surface area contributed by atoms with Crippen molar-refractivity contribution in [2.45, 2.75) is 32.7 Å². The summed E-state index contributed by atoms with van der Waals surface area (Å²) < 4.78 is 27.6. The quantitative estimate of drug-likeness (QED) is 0.705. The van der Waals surface area contributed by atoms with Crippen LogP contribution in [0.1, 0.15) is 26.7 Å². The van der Waals surface area contributed by atoms with Crippen LogP contribution in [-0.4, -0.2) is 45.4 Å². The smallest absolute Gasteiger partial charge is 0.279 e. The van der Waals surface area contributed by atoms with Crippen LogP contribution < -0.4 is 10.0 Å². The molecule has 0 aromatic heterocycles. The van der Waals surface area contributed by atoms with Crippen molar-refractivity contribution >= 4 is 10.2 Å². The second-order valence-corrected chi connectivity index (χ2v) is 6.59. The first-order chi connectivity index (χ1) is 7.45. The molecule has 96 valence electrons. The molecule has 0 saturated carbocycles. The minimum atomic E-state index is -3.30. The summed E-state index contributed by atoms with van der Waals surface area (Å²) in [6.07, 6.45) is 2.20. The average molecular weight is 249 g/mol. The molecule has 0 amide bonds. The highest BCUT2D eigenvalue weighted by molar-refractivity contribution is 7.87. The highest BCUT2D eigenvalue weighted by atomic mass is 32.2. The average Bonchev–Trinajstić information content (AvgIpc) is 2.69. The zero-order valence-corrected chi connectivity index (χ0v) is 11.2. The number of hydrogen-bond donors (Lipinski definition) is 2. The van der Waals surface area contributed by atoms with Crippen LogP contribution in [0, 0.1) is 5.92 Å². The van der Waals surface area contributed by atoms with E-state index in [9.17, 15) is 8.42 Å². The Kier molecular flexibility index (Phi) is 5.17. The zero-order chi connectivity index (χ0) is 12.2. The molecule has 1 rings (SSSR count). The topological polar surface area (TPSA) is 61.4 Å². The van der Waals surface area contributed by atoms with E-state index in [0.717, 1.165) is 19.4 Å². The third-order valence-corrected chi connectivity index (χ3v) is 4.25. The summed E-state index contributed by atoms with van der Waals surface area (Å²) in [5, 5.41) is 3.32. The predicted molar refractivity (Wildman–Crippen MR) is 65.4 cm³/mol. The molecule has 0 radical (unpaired) electrons. The highest BCUT2D eigenvalue weighted by Crippen LogP contribution is 2.11. The van der Waals surface area contributed by atoms with E-state index in [-0.39, 0.29) is 0 Å². The first kappa shape index (κ1) is 13.9. The lowest BCUT2D eigenvalue weighted by Gasteiger charge is -2.26. The van der Waals surface area contributed by atoms with Crippen LogP contribution in [-0.2, 0) is 10.2 Å². The van der Waals surface area contributed by atoms with Crippen molar-refractivity contribution in [2.24, 2.45) is 5.92 Å². The Hall–Kier alpha value is -0.170. The summed E-state index contributed by atoms with van der Waals surface area (Å²) >= 11 is 0. The van der Waals surface area contributed by atoms with Crippen molar-refractivity contribution < 1.29 is 8.42 Å². The Morgan fingerprint density at radius 2 is 2.19 bits per heavy atom. The Morgan fingerprint density at radius 1 is 1.50 bits per heavy atom. The van der Waals surface area contributed by atoms with Gasteiger partial charge in [0, 0.05) is 26.2 Å². The second-order valence-electron chi connectivity index (χ2n) is 4.71. The number of hydrogen-bond acceptors (Lipinski definition) is 3. The van der Waals surface area contributed by atoms with Gasteiger partial charge in [0.25, 0.3) is 10.2 Å². The van der Waals surface area contributed by atoms with Gasteiger partial charge in [-0.1, -0.05) is 13.8 Å². The predicted octanol–water partition coefficient (Wildman–Crippen LogP) is 0.161. The largest absolute Gasteiger partial charge is 0.313 e. The normalized spacial score (nSPS) is 22.2. The molecule has 0 bridgehead atoms. The molecule has 6 heteroatoms. The minimum Gasteiger partial charge on any atom is -0.313 e. The maximum Gasteiger partial charge on any atom is 0.279 e. The summed E-state index contributed by atoms with van der Waals surface area (Å²) in [7, 11) is -1.84. The van der Waals surface area contributed by atoms with Crippen LogP contribution in [0.3, 0.4) is 0 Å². The van der Waals surface area contributed by atoms with Gasteiger partial charge < -0.3 is 5.32 Å². The summed E-state index contributed by atoms with van der Waals surface area (Å²) in [6, 6.07) is 0.307. The van der Waals surface area contributed by atoms with Crippen LogP contribution in [0.2, 0.25) is 0 Å². The Balaban J connectivity index is 2.63. The molecule has 0 spiro atoms. The molecule has 0 aromatic carbocycles. The molecule has 1 saturated heterocycles. The fourth-order valence-corrected chi connectivity index (χ4v) is 3.09. The van der Waals surface area contributed by atoms with Crippen molar-refractivity contribution in [3.05, 3.63) is 0 Å². The number of nitrogens with one attached hydrogen (secondary N) is 2. The van der Waals surface area contributed by atoms with Crippen molar-refractivity contribution in [3.63, 3.8) is 0 Å².